The molecule has 110 valence electrons. The van der Waals surface area contributed by atoms with Crippen LogP contribution in [0.5, 0.6) is 0 Å². The molecule has 6 nitrogen and oxygen atoms in total. The number of hydrogen-bond acceptors (Lipinski definition) is 4. The maximum Gasteiger partial charge on any atom is 0.305 e. The average Bonchev–Trinajstić information content (AvgIpc) is 2.88. The van der Waals surface area contributed by atoms with Gasteiger partial charge in [0.25, 0.3) is 0 Å². The predicted molar refractivity (Wildman–Crippen MR) is 75.4 cm³/mol. The fourth-order valence-corrected chi connectivity index (χ4v) is 2.45. The molecule has 0 bridgehead atoms. The standard InChI is InChI=1S/C13H18N2O4S/c1-9(16)14-10(11-4-3-7-20-11)8-12(17)15(2)6-5-13(18)19/h3-4,7,10H,5-6,8H2,1-2H3,(H,14,16)(H,18,19). The average molecular weight is 298 g/mol. The summed E-state index contributed by atoms with van der Waals surface area (Å²) in [6, 6.07) is 3.34. The van der Waals surface area contributed by atoms with E-state index < -0.39 is 5.97 Å². The van der Waals surface area contributed by atoms with E-state index in [2.05, 4.69) is 5.32 Å². The first-order valence-electron chi connectivity index (χ1n) is 6.16. The van der Waals surface area contributed by atoms with Crippen molar-refractivity contribution in [3.05, 3.63) is 22.4 Å². The molecule has 2 N–H and O–H groups in total. The number of carboxylic acid groups (broad SMARTS) is 1. The van der Waals surface area contributed by atoms with Crippen LogP contribution in [-0.4, -0.2) is 41.4 Å². The van der Waals surface area contributed by atoms with Gasteiger partial charge in [-0.3, -0.25) is 14.4 Å². The molecular weight excluding hydrogens is 280 g/mol. The smallest absolute Gasteiger partial charge is 0.305 e. The molecule has 1 unspecified atom stereocenters. The van der Waals surface area contributed by atoms with E-state index in [0.717, 1.165) is 4.88 Å². The molecule has 0 fully saturated rings. The number of amides is 2. The van der Waals surface area contributed by atoms with Crippen molar-refractivity contribution in [2.45, 2.75) is 25.8 Å². The zero-order valence-corrected chi connectivity index (χ0v) is 12.3. The second-order valence-electron chi connectivity index (χ2n) is 4.43. The van der Waals surface area contributed by atoms with E-state index in [0.29, 0.717) is 0 Å². The molecule has 0 aliphatic heterocycles. The van der Waals surface area contributed by atoms with Gasteiger partial charge in [0.1, 0.15) is 0 Å². The van der Waals surface area contributed by atoms with Gasteiger partial charge in [-0.2, -0.15) is 0 Å². The van der Waals surface area contributed by atoms with Gasteiger partial charge in [-0.1, -0.05) is 6.07 Å². The first-order chi connectivity index (χ1) is 9.40. The number of aliphatic carboxylic acids is 1. The maximum atomic E-state index is 12.0. The van der Waals surface area contributed by atoms with Gasteiger partial charge in [-0.25, -0.2) is 0 Å². The predicted octanol–water partition coefficient (Wildman–Crippen LogP) is 1.25. The molecule has 0 spiro atoms. The molecule has 1 aromatic heterocycles. The van der Waals surface area contributed by atoms with Crippen LogP contribution in [-0.2, 0) is 14.4 Å². The lowest BCUT2D eigenvalue weighted by molar-refractivity contribution is -0.138. The van der Waals surface area contributed by atoms with Crippen molar-refractivity contribution < 1.29 is 19.5 Å². The Hall–Kier alpha value is -1.89. The van der Waals surface area contributed by atoms with E-state index in [1.165, 1.54) is 23.2 Å². The number of carboxylic acids is 1. The number of rotatable bonds is 7. The van der Waals surface area contributed by atoms with Crippen LogP contribution in [0.15, 0.2) is 17.5 Å². The van der Waals surface area contributed by atoms with Gasteiger partial charge in [0, 0.05) is 25.4 Å². The number of thiophene rings is 1. The Morgan fingerprint density at radius 3 is 2.65 bits per heavy atom. The lowest BCUT2D eigenvalue weighted by Gasteiger charge is -2.21. The topological polar surface area (TPSA) is 86.7 Å². The van der Waals surface area contributed by atoms with E-state index in [9.17, 15) is 14.4 Å². The highest BCUT2D eigenvalue weighted by atomic mass is 32.1. The summed E-state index contributed by atoms with van der Waals surface area (Å²) in [6.07, 6.45) is 0.0300. The van der Waals surface area contributed by atoms with Crippen LogP contribution < -0.4 is 5.32 Å². The molecule has 7 heteroatoms. The van der Waals surface area contributed by atoms with E-state index in [1.54, 1.807) is 7.05 Å². The first-order valence-corrected chi connectivity index (χ1v) is 7.04. The molecule has 0 aromatic carbocycles. The summed E-state index contributed by atoms with van der Waals surface area (Å²) in [6.45, 7) is 1.56. The fourth-order valence-electron chi connectivity index (χ4n) is 1.68. The molecular formula is C13H18N2O4S. The highest BCUT2D eigenvalue weighted by molar-refractivity contribution is 7.10. The van der Waals surface area contributed by atoms with Crippen molar-refractivity contribution in [1.29, 1.82) is 0 Å². The number of carbonyl (C=O) groups is 3. The summed E-state index contributed by atoms with van der Waals surface area (Å²) < 4.78 is 0. The molecule has 0 saturated carbocycles. The highest BCUT2D eigenvalue weighted by Gasteiger charge is 2.20. The Morgan fingerprint density at radius 1 is 1.45 bits per heavy atom. The fraction of sp³-hybridized carbons (Fsp3) is 0.462. The van der Waals surface area contributed by atoms with Gasteiger partial charge in [-0.05, 0) is 11.4 Å². The minimum Gasteiger partial charge on any atom is -0.481 e. The van der Waals surface area contributed by atoms with Crippen LogP contribution in [0.3, 0.4) is 0 Å². The van der Waals surface area contributed by atoms with Crippen molar-refractivity contribution in [2.24, 2.45) is 0 Å². The first kappa shape index (κ1) is 16.2. The third kappa shape index (κ3) is 5.40. The van der Waals surface area contributed by atoms with E-state index >= 15 is 0 Å². The van der Waals surface area contributed by atoms with Crippen LogP contribution in [0.4, 0.5) is 0 Å². The summed E-state index contributed by atoms with van der Waals surface area (Å²) in [4.78, 5) is 36.0. The number of nitrogens with one attached hydrogen (secondary N) is 1. The lowest BCUT2D eigenvalue weighted by Crippen LogP contribution is -2.34. The molecule has 0 radical (unpaired) electrons. The van der Waals surface area contributed by atoms with Gasteiger partial charge in [0.05, 0.1) is 18.9 Å². The van der Waals surface area contributed by atoms with Gasteiger partial charge in [-0.15, -0.1) is 11.3 Å². The second-order valence-corrected chi connectivity index (χ2v) is 5.41. The zero-order valence-electron chi connectivity index (χ0n) is 11.5. The van der Waals surface area contributed by atoms with E-state index in [-0.39, 0.29) is 37.2 Å². The summed E-state index contributed by atoms with van der Waals surface area (Å²) in [5.41, 5.74) is 0. The lowest BCUT2D eigenvalue weighted by atomic mass is 10.1. The van der Waals surface area contributed by atoms with Crippen LogP contribution in [0.25, 0.3) is 0 Å². The van der Waals surface area contributed by atoms with Crippen LogP contribution >= 0.6 is 11.3 Å². The van der Waals surface area contributed by atoms with Crippen molar-refractivity contribution in [2.75, 3.05) is 13.6 Å². The minimum absolute atomic E-state index is 0.0912. The number of nitrogens with zero attached hydrogens (tertiary/aromatic N) is 1. The van der Waals surface area contributed by atoms with Gasteiger partial charge in [0.15, 0.2) is 0 Å². The summed E-state index contributed by atoms with van der Waals surface area (Å²) >= 11 is 1.47. The molecule has 1 rings (SSSR count). The Morgan fingerprint density at radius 2 is 2.15 bits per heavy atom. The Labute approximate surface area is 121 Å². The van der Waals surface area contributed by atoms with Crippen LogP contribution in [0.1, 0.15) is 30.7 Å². The van der Waals surface area contributed by atoms with Crippen LogP contribution in [0.2, 0.25) is 0 Å². The van der Waals surface area contributed by atoms with Crippen molar-refractivity contribution >= 4 is 29.1 Å². The van der Waals surface area contributed by atoms with Gasteiger partial charge >= 0.3 is 5.97 Å². The molecule has 2 amide bonds. The van der Waals surface area contributed by atoms with Crippen LogP contribution in [0, 0.1) is 0 Å². The third-order valence-electron chi connectivity index (χ3n) is 2.73. The molecule has 0 aliphatic rings. The molecule has 1 heterocycles. The molecule has 0 saturated heterocycles. The molecule has 20 heavy (non-hydrogen) atoms. The molecule has 0 aliphatic carbocycles. The van der Waals surface area contributed by atoms with E-state index in [1.807, 2.05) is 17.5 Å². The number of hydrogen-bond donors (Lipinski definition) is 2. The van der Waals surface area contributed by atoms with Crippen molar-refractivity contribution in [3.8, 4) is 0 Å². The Kier molecular flexibility index (Phi) is 6.17. The summed E-state index contributed by atoms with van der Waals surface area (Å²) in [5.74, 6) is -1.34. The third-order valence-corrected chi connectivity index (χ3v) is 3.72. The second kappa shape index (κ2) is 7.64. The summed E-state index contributed by atoms with van der Waals surface area (Å²) in [7, 11) is 1.56. The largest absolute Gasteiger partial charge is 0.481 e. The summed E-state index contributed by atoms with van der Waals surface area (Å²) in [5, 5.41) is 13.2. The Bertz CT molecular complexity index is 473. The maximum absolute atomic E-state index is 12.0. The molecule has 1 aromatic rings. The van der Waals surface area contributed by atoms with E-state index in [4.69, 9.17) is 5.11 Å². The highest BCUT2D eigenvalue weighted by Crippen LogP contribution is 2.22. The SMILES string of the molecule is CC(=O)NC(CC(=O)N(C)CCC(=O)O)c1cccs1. The Balaban J connectivity index is 2.62. The monoisotopic (exact) mass is 298 g/mol. The van der Waals surface area contributed by atoms with Crippen molar-refractivity contribution in [1.82, 2.24) is 10.2 Å². The van der Waals surface area contributed by atoms with Gasteiger partial charge in [0.2, 0.25) is 11.8 Å². The normalized spacial score (nSPS) is 11.7. The number of carbonyl (C=O) groups excluding carboxylic acids is 2. The van der Waals surface area contributed by atoms with Gasteiger partial charge < -0.3 is 15.3 Å². The zero-order chi connectivity index (χ0) is 15.1. The quantitative estimate of drug-likeness (QED) is 0.793. The minimum atomic E-state index is -0.943. The molecule has 1 atom stereocenters. The van der Waals surface area contributed by atoms with Crippen molar-refractivity contribution in [3.63, 3.8) is 0 Å².